The Morgan fingerprint density at radius 2 is 2.27 bits per heavy atom. The zero-order valence-corrected chi connectivity index (χ0v) is 13.5. The molecule has 8 heteroatoms. The molecule has 1 aromatic carbocycles. The molecule has 2 N–H and O–H groups in total. The number of carbonyl (C=O) groups excluding carboxylic acids is 1. The van der Waals surface area contributed by atoms with Crippen molar-refractivity contribution >= 4 is 29.7 Å². The van der Waals surface area contributed by atoms with E-state index >= 15 is 0 Å². The molecule has 1 heterocycles. The average molecular weight is 329 g/mol. The van der Waals surface area contributed by atoms with Gasteiger partial charge in [-0.25, -0.2) is 0 Å². The molecule has 22 heavy (non-hydrogen) atoms. The number of nitro groups is 1. The molecule has 1 amide bonds. The molecule has 1 aromatic rings. The number of carbonyl (C=O) groups is 1. The van der Waals surface area contributed by atoms with Crippen molar-refractivity contribution in [2.75, 3.05) is 31.5 Å². The normalized spacial score (nSPS) is 18.4. The predicted octanol–water partition coefficient (Wildman–Crippen LogP) is 1.56. The van der Waals surface area contributed by atoms with Gasteiger partial charge in [0, 0.05) is 37.8 Å². The minimum absolute atomic E-state index is 0. The summed E-state index contributed by atoms with van der Waals surface area (Å²) in [6.45, 7) is 6.73. The molecule has 0 aliphatic carbocycles. The Labute approximate surface area is 135 Å². The average Bonchev–Trinajstić information content (AvgIpc) is 2.43. The van der Waals surface area contributed by atoms with Crippen molar-refractivity contribution in [3.63, 3.8) is 0 Å². The van der Waals surface area contributed by atoms with Crippen LogP contribution in [-0.2, 0) is 4.79 Å². The van der Waals surface area contributed by atoms with Crippen LogP contribution in [0.1, 0.15) is 12.5 Å². The molecule has 122 valence electrons. The summed E-state index contributed by atoms with van der Waals surface area (Å²) in [5.41, 5.74) is 1.28. The molecular weight excluding hydrogens is 308 g/mol. The van der Waals surface area contributed by atoms with E-state index in [4.69, 9.17) is 0 Å². The van der Waals surface area contributed by atoms with Gasteiger partial charge in [-0.1, -0.05) is 6.07 Å². The lowest BCUT2D eigenvalue weighted by Crippen LogP contribution is -2.52. The molecule has 0 spiro atoms. The Balaban J connectivity index is 0.00000242. The molecule has 1 atom stereocenters. The van der Waals surface area contributed by atoms with Crippen molar-refractivity contribution in [2.24, 2.45) is 0 Å². The number of amides is 1. The van der Waals surface area contributed by atoms with Crippen LogP contribution in [0.25, 0.3) is 0 Å². The van der Waals surface area contributed by atoms with Crippen molar-refractivity contribution in [1.82, 2.24) is 10.2 Å². The van der Waals surface area contributed by atoms with Crippen molar-refractivity contribution in [3.8, 4) is 0 Å². The SMILES string of the molecule is Cc1ccc([N+](=O)[O-])cc1NC(=O)CN1CCNC[C@@H]1C.Cl. The van der Waals surface area contributed by atoms with Crippen molar-refractivity contribution in [2.45, 2.75) is 19.9 Å². The van der Waals surface area contributed by atoms with Gasteiger partial charge in [-0.15, -0.1) is 12.4 Å². The van der Waals surface area contributed by atoms with Crippen LogP contribution in [0.2, 0.25) is 0 Å². The molecule has 2 rings (SSSR count). The number of nitrogens with one attached hydrogen (secondary N) is 2. The highest BCUT2D eigenvalue weighted by atomic mass is 35.5. The highest BCUT2D eigenvalue weighted by molar-refractivity contribution is 5.93. The second-order valence-electron chi connectivity index (χ2n) is 5.33. The van der Waals surface area contributed by atoms with Gasteiger partial charge in [0.15, 0.2) is 0 Å². The third-order valence-corrected chi connectivity index (χ3v) is 3.69. The van der Waals surface area contributed by atoms with E-state index in [9.17, 15) is 14.9 Å². The van der Waals surface area contributed by atoms with Gasteiger partial charge < -0.3 is 10.6 Å². The largest absolute Gasteiger partial charge is 0.324 e. The van der Waals surface area contributed by atoms with Crippen LogP contribution in [0.4, 0.5) is 11.4 Å². The molecule has 0 unspecified atom stereocenters. The van der Waals surface area contributed by atoms with E-state index in [1.54, 1.807) is 6.07 Å². The van der Waals surface area contributed by atoms with Crippen LogP contribution in [0, 0.1) is 17.0 Å². The summed E-state index contributed by atoms with van der Waals surface area (Å²) in [5, 5.41) is 16.8. The number of hydrogen-bond acceptors (Lipinski definition) is 5. The first-order valence-corrected chi connectivity index (χ1v) is 6.97. The first-order valence-electron chi connectivity index (χ1n) is 6.97. The molecule has 1 saturated heterocycles. The standard InChI is InChI=1S/C14H20N4O3.ClH/c1-10-3-4-12(18(20)21)7-13(10)16-14(19)9-17-6-5-15-8-11(17)2;/h3-4,7,11,15H,5-6,8-9H2,1-2H3,(H,16,19);1H/t11-;/m0./s1. The van der Waals surface area contributed by atoms with Crippen molar-refractivity contribution < 1.29 is 9.72 Å². The maximum atomic E-state index is 12.1. The van der Waals surface area contributed by atoms with Crippen LogP contribution in [0.3, 0.4) is 0 Å². The van der Waals surface area contributed by atoms with Gasteiger partial charge in [-0.3, -0.25) is 19.8 Å². The highest BCUT2D eigenvalue weighted by Gasteiger charge is 2.20. The van der Waals surface area contributed by atoms with Gasteiger partial charge >= 0.3 is 0 Å². The van der Waals surface area contributed by atoms with Crippen LogP contribution in [0.15, 0.2) is 18.2 Å². The van der Waals surface area contributed by atoms with E-state index < -0.39 is 4.92 Å². The van der Waals surface area contributed by atoms with E-state index in [1.165, 1.54) is 12.1 Å². The number of halogens is 1. The zero-order valence-electron chi connectivity index (χ0n) is 12.7. The van der Waals surface area contributed by atoms with Crippen LogP contribution >= 0.6 is 12.4 Å². The minimum atomic E-state index is -0.465. The van der Waals surface area contributed by atoms with Gasteiger partial charge in [0.05, 0.1) is 17.2 Å². The van der Waals surface area contributed by atoms with Gasteiger partial charge in [0.2, 0.25) is 5.91 Å². The number of piperazine rings is 1. The Morgan fingerprint density at radius 3 is 2.91 bits per heavy atom. The summed E-state index contributed by atoms with van der Waals surface area (Å²) in [7, 11) is 0. The summed E-state index contributed by atoms with van der Waals surface area (Å²) in [6, 6.07) is 4.77. The maximum Gasteiger partial charge on any atom is 0.271 e. The molecule has 1 aliphatic heterocycles. The summed E-state index contributed by atoms with van der Waals surface area (Å²) in [5.74, 6) is -0.146. The van der Waals surface area contributed by atoms with Crippen LogP contribution < -0.4 is 10.6 Å². The Hall–Kier alpha value is -1.70. The topological polar surface area (TPSA) is 87.5 Å². The number of benzene rings is 1. The number of rotatable bonds is 4. The van der Waals surface area contributed by atoms with E-state index in [-0.39, 0.29) is 24.0 Å². The lowest BCUT2D eigenvalue weighted by Gasteiger charge is -2.33. The van der Waals surface area contributed by atoms with Gasteiger partial charge in [0.1, 0.15) is 0 Å². The number of non-ortho nitro benzene ring substituents is 1. The molecule has 7 nitrogen and oxygen atoms in total. The van der Waals surface area contributed by atoms with Crippen LogP contribution in [0.5, 0.6) is 0 Å². The highest BCUT2D eigenvalue weighted by Crippen LogP contribution is 2.21. The van der Waals surface area contributed by atoms with Crippen molar-refractivity contribution in [1.29, 1.82) is 0 Å². The van der Waals surface area contributed by atoms with Gasteiger partial charge in [0.25, 0.3) is 5.69 Å². The third kappa shape index (κ3) is 4.66. The Kier molecular flexibility index (Phi) is 6.73. The van der Waals surface area contributed by atoms with E-state index in [0.29, 0.717) is 18.3 Å². The maximum absolute atomic E-state index is 12.1. The molecule has 0 saturated carbocycles. The molecule has 0 bridgehead atoms. The number of anilines is 1. The number of aryl methyl sites for hydroxylation is 1. The van der Waals surface area contributed by atoms with Gasteiger partial charge in [-0.2, -0.15) is 0 Å². The van der Waals surface area contributed by atoms with Crippen molar-refractivity contribution in [3.05, 3.63) is 33.9 Å². The summed E-state index contributed by atoms with van der Waals surface area (Å²) < 4.78 is 0. The number of nitrogens with zero attached hydrogens (tertiary/aromatic N) is 2. The fourth-order valence-corrected chi connectivity index (χ4v) is 2.35. The predicted molar refractivity (Wildman–Crippen MR) is 87.6 cm³/mol. The summed E-state index contributed by atoms with van der Waals surface area (Å²) >= 11 is 0. The second-order valence-corrected chi connectivity index (χ2v) is 5.33. The fourth-order valence-electron chi connectivity index (χ4n) is 2.35. The fraction of sp³-hybridized carbons (Fsp3) is 0.500. The first kappa shape index (κ1) is 18.3. The Bertz CT molecular complexity index is 553. The zero-order chi connectivity index (χ0) is 15.4. The molecule has 1 fully saturated rings. The molecule has 0 aromatic heterocycles. The minimum Gasteiger partial charge on any atom is -0.324 e. The second kappa shape index (κ2) is 8.07. The molecule has 1 aliphatic rings. The smallest absolute Gasteiger partial charge is 0.271 e. The van der Waals surface area contributed by atoms with Gasteiger partial charge in [-0.05, 0) is 19.4 Å². The Morgan fingerprint density at radius 1 is 1.55 bits per heavy atom. The number of nitro benzene ring substituents is 1. The molecule has 0 radical (unpaired) electrons. The number of hydrogen-bond donors (Lipinski definition) is 2. The summed E-state index contributed by atoms with van der Waals surface area (Å²) in [4.78, 5) is 24.5. The lowest BCUT2D eigenvalue weighted by molar-refractivity contribution is -0.384. The summed E-state index contributed by atoms with van der Waals surface area (Å²) in [6.07, 6.45) is 0. The quantitative estimate of drug-likeness (QED) is 0.647. The van der Waals surface area contributed by atoms with E-state index in [1.807, 2.05) is 6.92 Å². The third-order valence-electron chi connectivity index (χ3n) is 3.69. The monoisotopic (exact) mass is 328 g/mol. The van der Waals surface area contributed by atoms with E-state index in [0.717, 1.165) is 25.2 Å². The van der Waals surface area contributed by atoms with Crippen LogP contribution in [-0.4, -0.2) is 48.0 Å². The van der Waals surface area contributed by atoms with E-state index in [2.05, 4.69) is 22.5 Å². The lowest BCUT2D eigenvalue weighted by atomic mass is 10.1. The molecular formula is C14H21ClN4O3. The first-order chi connectivity index (χ1) is 9.97.